The molecule has 1 heterocycles. The Morgan fingerprint density at radius 2 is 2.12 bits per heavy atom. The van der Waals surface area contributed by atoms with Gasteiger partial charge >= 0.3 is 0 Å². The molecule has 0 aliphatic rings. The van der Waals surface area contributed by atoms with Gasteiger partial charge < -0.3 is 5.32 Å². The van der Waals surface area contributed by atoms with Crippen LogP contribution in [0.15, 0.2) is 6.07 Å². The summed E-state index contributed by atoms with van der Waals surface area (Å²) >= 11 is 1.90. The topological polar surface area (TPSA) is 29.9 Å². The van der Waals surface area contributed by atoms with E-state index in [9.17, 15) is 0 Å². The van der Waals surface area contributed by atoms with Gasteiger partial charge in [0, 0.05) is 24.4 Å². The fraction of sp³-hybridized carbons (Fsp3) is 0.769. The number of nitrogens with zero attached hydrogens (tertiary/aromatic N) is 2. The molecular formula is C13H25N3S. The number of thioether (sulfide) groups is 1. The van der Waals surface area contributed by atoms with E-state index in [1.807, 2.05) is 11.8 Å². The summed E-state index contributed by atoms with van der Waals surface area (Å²) in [4.78, 5) is 0. The third-order valence-electron chi connectivity index (χ3n) is 2.99. The molecule has 17 heavy (non-hydrogen) atoms. The molecule has 4 heteroatoms. The average molecular weight is 255 g/mol. The first-order valence-electron chi connectivity index (χ1n) is 6.34. The van der Waals surface area contributed by atoms with E-state index in [-0.39, 0.29) is 0 Å². The first kappa shape index (κ1) is 14.6. The molecule has 0 aromatic carbocycles. The molecule has 0 aliphatic carbocycles. The van der Waals surface area contributed by atoms with E-state index < -0.39 is 0 Å². The summed E-state index contributed by atoms with van der Waals surface area (Å²) in [6, 6.07) is 2.21. The maximum Gasteiger partial charge on any atom is 0.0625 e. The minimum absolute atomic E-state index is 0.296. The minimum Gasteiger partial charge on any atom is -0.310 e. The highest BCUT2D eigenvalue weighted by Gasteiger charge is 2.15. The van der Waals surface area contributed by atoms with Crippen molar-refractivity contribution in [3.05, 3.63) is 17.5 Å². The van der Waals surface area contributed by atoms with Crippen LogP contribution in [0, 0.1) is 0 Å². The lowest BCUT2D eigenvalue weighted by atomic mass is 10.2. The highest BCUT2D eigenvalue weighted by atomic mass is 32.2. The monoisotopic (exact) mass is 255 g/mol. The van der Waals surface area contributed by atoms with Crippen molar-refractivity contribution in [3.63, 3.8) is 0 Å². The smallest absolute Gasteiger partial charge is 0.0625 e. The molecule has 0 atom stereocenters. The third kappa shape index (κ3) is 4.36. The Morgan fingerprint density at radius 1 is 1.41 bits per heavy atom. The summed E-state index contributed by atoms with van der Waals surface area (Å²) in [5.41, 5.74) is 2.48. The molecule has 1 N–H and O–H groups in total. The molecule has 0 saturated heterocycles. The van der Waals surface area contributed by atoms with Gasteiger partial charge in [0.2, 0.25) is 0 Å². The van der Waals surface area contributed by atoms with E-state index in [0.717, 1.165) is 26.1 Å². The van der Waals surface area contributed by atoms with Crippen molar-refractivity contribution in [2.45, 2.75) is 52.0 Å². The Labute approximate surface area is 109 Å². The summed E-state index contributed by atoms with van der Waals surface area (Å²) in [5, 5.41) is 8.08. The van der Waals surface area contributed by atoms with Gasteiger partial charge in [-0.3, -0.25) is 4.68 Å². The Hall–Kier alpha value is -0.480. The maximum absolute atomic E-state index is 4.55. The molecule has 3 nitrogen and oxygen atoms in total. The lowest BCUT2D eigenvalue weighted by molar-refractivity contribution is 0.547. The predicted octanol–water partition coefficient (Wildman–Crippen LogP) is 2.70. The van der Waals surface area contributed by atoms with Crippen LogP contribution in [0.25, 0.3) is 0 Å². The van der Waals surface area contributed by atoms with Crippen LogP contribution in [0.1, 0.15) is 39.1 Å². The van der Waals surface area contributed by atoms with Crippen molar-refractivity contribution in [1.82, 2.24) is 15.1 Å². The van der Waals surface area contributed by atoms with E-state index in [4.69, 9.17) is 0 Å². The molecule has 0 aliphatic heterocycles. The lowest BCUT2D eigenvalue weighted by Crippen LogP contribution is -2.32. The number of rotatable bonds is 7. The lowest BCUT2D eigenvalue weighted by Gasteiger charge is -2.22. The van der Waals surface area contributed by atoms with Crippen LogP contribution < -0.4 is 5.32 Å². The van der Waals surface area contributed by atoms with Crippen molar-refractivity contribution in [3.8, 4) is 0 Å². The van der Waals surface area contributed by atoms with Gasteiger partial charge in [-0.1, -0.05) is 6.92 Å². The Morgan fingerprint density at radius 3 is 2.65 bits per heavy atom. The fourth-order valence-corrected chi connectivity index (χ4v) is 1.91. The Balaban J connectivity index is 2.54. The van der Waals surface area contributed by atoms with Crippen LogP contribution in [-0.2, 0) is 19.5 Å². The van der Waals surface area contributed by atoms with Crippen molar-refractivity contribution >= 4 is 11.8 Å². The van der Waals surface area contributed by atoms with Gasteiger partial charge in [-0.05, 0) is 39.5 Å². The SMILES string of the molecule is CCc1cc(CNCC(C)(C)SC)n(CC)n1. The zero-order valence-corrected chi connectivity index (χ0v) is 12.5. The van der Waals surface area contributed by atoms with Gasteiger partial charge in [0.15, 0.2) is 0 Å². The van der Waals surface area contributed by atoms with E-state index >= 15 is 0 Å². The van der Waals surface area contributed by atoms with Crippen LogP contribution in [0.4, 0.5) is 0 Å². The standard InChI is InChI=1S/C13H25N3S/c1-6-11-8-12(16(7-2)15-11)9-14-10-13(3,4)17-5/h8,14H,6-7,9-10H2,1-5H3. The van der Waals surface area contributed by atoms with E-state index in [2.05, 4.69) is 55.1 Å². The van der Waals surface area contributed by atoms with Gasteiger partial charge in [-0.2, -0.15) is 16.9 Å². The van der Waals surface area contributed by atoms with Crippen LogP contribution in [0.5, 0.6) is 0 Å². The molecule has 0 bridgehead atoms. The quantitative estimate of drug-likeness (QED) is 0.812. The zero-order valence-electron chi connectivity index (χ0n) is 11.7. The van der Waals surface area contributed by atoms with Crippen LogP contribution >= 0.6 is 11.8 Å². The van der Waals surface area contributed by atoms with Gasteiger partial charge in [0.25, 0.3) is 0 Å². The van der Waals surface area contributed by atoms with Crippen LogP contribution in [0.3, 0.4) is 0 Å². The number of aryl methyl sites for hydroxylation is 2. The van der Waals surface area contributed by atoms with Gasteiger partial charge in [-0.15, -0.1) is 0 Å². The summed E-state index contributed by atoms with van der Waals surface area (Å²) in [6.07, 6.45) is 3.17. The summed E-state index contributed by atoms with van der Waals surface area (Å²) in [6.45, 7) is 11.7. The van der Waals surface area contributed by atoms with Gasteiger partial charge in [0.1, 0.15) is 0 Å². The highest BCUT2D eigenvalue weighted by molar-refractivity contribution is 7.99. The minimum atomic E-state index is 0.296. The first-order valence-corrected chi connectivity index (χ1v) is 7.56. The van der Waals surface area contributed by atoms with Crippen molar-refractivity contribution in [1.29, 1.82) is 0 Å². The highest BCUT2D eigenvalue weighted by Crippen LogP contribution is 2.19. The number of hydrogen-bond donors (Lipinski definition) is 1. The Kier molecular flexibility index (Phi) is 5.53. The van der Waals surface area contributed by atoms with Gasteiger partial charge in [-0.25, -0.2) is 0 Å². The third-order valence-corrected chi connectivity index (χ3v) is 4.23. The molecule has 0 amide bonds. The number of aromatic nitrogens is 2. The molecule has 0 unspecified atom stereocenters. The van der Waals surface area contributed by atoms with Crippen molar-refractivity contribution in [2.24, 2.45) is 0 Å². The first-order chi connectivity index (χ1) is 8.02. The number of hydrogen-bond acceptors (Lipinski definition) is 3. The van der Waals surface area contributed by atoms with E-state index in [0.29, 0.717) is 4.75 Å². The van der Waals surface area contributed by atoms with E-state index in [1.165, 1.54) is 11.4 Å². The normalized spacial score (nSPS) is 12.1. The molecule has 0 fully saturated rings. The molecule has 0 spiro atoms. The number of nitrogens with one attached hydrogen (secondary N) is 1. The molecular weight excluding hydrogens is 230 g/mol. The predicted molar refractivity (Wildman–Crippen MR) is 76.6 cm³/mol. The van der Waals surface area contributed by atoms with Gasteiger partial charge in [0.05, 0.1) is 11.4 Å². The van der Waals surface area contributed by atoms with E-state index in [1.54, 1.807) is 0 Å². The summed E-state index contributed by atoms with van der Waals surface area (Å²) in [7, 11) is 0. The second kappa shape index (κ2) is 6.45. The zero-order chi connectivity index (χ0) is 12.9. The second-order valence-corrected chi connectivity index (χ2v) is 6.38. The summed E-state index contributed by atoms with van der Waals surface area (Å²) in [5.74, 6) is 0. The maximum atomic E-state index is 4.55. The largest absolute Gasteiger partial charge is 0.310 e. The Bertz CT molecular complexity index is 344. The van der Waals surface area contributed by atoms with Crippen LogP contribution in [0.2, 0.25) is 0 Å². The molecule has 1 aromatic heterocycles. The van der Waals surface area contributed by atoms with Crippen molar-refractivity contribution < 1.29 is 0 Å². The molecule has 98 valence electrons. The summed E-state index contributed by atoms with van der Waals surface area (Å²) < 4.78 is 2.39. The molecule has 0 radical (unpaired) electrons. The molecule has 1 rings (SSSR count). The fourth-order valence-electron chi connectivity index (χ4n) is 1.67. The average Bonchev–Trinajstić information content (AvgIpc) is 2.71. The van der Waals surface area contributed by atoms with Crippen molar-refractivity contribution in [2.75, 3.05) is 12.8 Å². The second-order valence-electron chi connectivity index (χ2n) is 4.86. The molecule has 0 saturated carbocycles. The van der Waals surface area contributed by atoms with Crippen LogP contribution in [-0.4, -0.2) is 27.3 Å². The molecule has 1 aromatic rings.